The van der Waals surface area contributed by atoms with Gasteiger partial charge >= 0.3 is 39.5 Å². The van der Waals surface area contributed by atoms with Gasteiger partial charge in [-0.15, -0.1) is 0 Å². The molecular weight excluding hydrogens is 1280 g/mol. The van der Waals surface area contributed by atoms with Crippen molar-refractivity contribution < 1.29 is 80.2 Å². The molecule has 0 fully saturated rings. The molecule has 0 aromatic heterocycles. The summed E-state index contributed by atoms with van der Waals surface area (Å²) in [6.45, 7) is 12.0. The maximum Gasteiger partial charge on any atom is 0.472 e. The Hall–Kier alpha value is -1.94. The zero-order chi connectivity index (χ0) is 72.3. The van der Waals surface area contributed by atoms with E-state index in [9.17, 15) is 43.2 Å². The van der Waals surface area contributed by atoms with Crippen LogP contribution in [0.4, 0.5) is 0 Å². The maximum atomic E-state index is 13.1. The topological polar surface area (TPSA) is 237 Å². The van der Waals surface area contributed by atoms with Gasteiger partial charge in [-0.05, 0) is 43.4 Å². The highest BCUT2D eigenvalue weighted by atomic mass is 31.2. The van der Waals surface area contributed by atoms with E-state index in [-0.39, 0.29) is 25.7 Å². The van der Waals surface area contributed by atoms with Gasteiger partial charge in [0.2, 0.25) is 0 Å². The maximum absolute atomic E-state index is 13.1. The Morgan fingerprint density at radius 2 is 0.490 bits per heavy atom. The molecule has 0 aliphatic carbocycles. The third-order valence-electron chi connectivity index (χ3n) is 19.5. The van der Waals surface area contributed by atoms with Crippen LogP contribution >= 0.6 is 15.6 Å². The standard InChI is InChI=1S/C79H154O17P2/c1-8-12-13-14-15-39-46-53-60-76(81)89-66-74(95-79(84)63-56-49-42-35-29-27-32-38-45-52-59-72(7)11-4)68-93-97(85,86)91-64-73(80)65-92-98(87,88)94-69-75(67-90-77(82)61-54-47-40-33-28-26-31-37-44-51-58-71(6)10-3)96-78(83)62-55-48-41-34-25-23-21-19-17-16-18-20-22-24-30-36-43-50-57-70(5)9-2/h70-75,80H,8-69H2,1-7H3,(H,85,86)(H,87,88)/t70?,71?,72?,73-,74+,75+/m0/s1. The van der Waals surface area contributed by atoms with E-state index in [2.05, 4.69) is 48.5 Å². The van der Waals surface area contributed by atoms with E-state index in [1.54, 1.807) is 0 Å². The summed E-state index contributed by atoms with van der Waals surface area (Å²) in [7, 11) is -9.91. The molecule has 0 heterocycles. The van der Waals surface area contributed by atoms with Crippen molar-refractivity contribution in [1.29, 1.82) is 0 Å². The Bertz CT molecular complexity index is 1910. The van der Waals surface area contributed by atoms with Crippen molar-refractivity contribution in [2.24, 2.45) is 17.8 Å². The van der Waals surface area contributed by atoms with Crippen LogP contribution in [0.5, 0.6) is 0 Å². The quantitative estimate of drug-likeness (QED) is 0.0222. The van der Waals surface area contributed by atoms with E-state index in [1.807, 2.05) is 0 Å². The molecule has 3 N–H and O–H groups in total. The molecule has 0 aromatic carbocycles. The minimum absolute atomic E-state index is 0.106. The lowest BCUT2D eigenvalue weighted by Gasteiger charge is -2.21. The van der Waals surface area contributed by atoms with Gasteiger partial charge in [-0.1, -0.05) is 357 Å². The normalized spacial score (nSPS) is 14.8. The lowest BCUT2D eigenvalue weighted by atomic mass is 9.99. The van der Waals surface area contributed by atoms with Crippen LogP contribution < -0.4 is 0 Å². The minimum Gasteiger partial charge on any atom is -0.462 e. The van der Waals surface area contributed by atoms with Gasteiger partial charge in [0, 0.05) is 25.7 Å². The number of ether oxygens (including phenoxy) is 4. The first kappa shape index (κ1) is 96.1. The second kappa shape index (κ2) is 69.4. The van der Waals surface area contributed by atoms with E-state index < -0.39 is 97.5 Å². The molecule has 0 rings (SSSR count). The highest BCUT2D eigenvalue weighted by Crippen LogP contribution is 2.45. The average Bonchev–Trinajstić information content (AvgIpc) is 1.02. The second-order valence-corrected chi connectivity index (χ2v) is 32.1. The summed E-state index contributed by atoms with van der Waals surface area (Å²) in [5.74, 6) is 0.367. The SMILES string of the molecule is CCCCCCCCCCC(=O)OC[C@H](COP(=O)(O)OC[C@H](O)COP(=O)(O)OC[C@@H](COC(=O)CCCCCCCCCCCCC(C)CC)OC(=O)CCCCCCCCCCCCCCCCCCCCC(C)CC)OC(=O)CCCCCCCCCCCCC(C)CC. The highest BCUT2D eigenvalue weighted by Gasteiger charge is 2.30. The van der Waals surface area contributed by atoms with Crippen LogP contribution in [0.2, 0.25) is 0 Å². The van der Waals surface area contributed by atoms with Crippen molar-refractivity contribution in [1.82, 2.24) is 0 Å². The first-order valence-corrected chi connectivity index (χ1v) is 44.0. The van der Waals surface area contributed by atoms with Crippen molar-refractivity contribution in [2.75, 3.05) is 39.6 Å². The number of hydrogen-bond acceptors (Lipinski definition) is 15. The molecule has 19 heteroatoms. The first-order chi connectivity index (χ1) is 47.3. The van der Waals surface area contributed by atoms with Crippen LogP contribution in [0.15, 0.2) is 0 Å². The van der Waals surface area contributed by atoms with Gasteiger partial charge in [0.15, 0.2) is 12.2 Å². The lowest BCUT2D eigenvalue weighted by Crippen LogP contribution is -2.30. The number of rotatable bonds is 77. The van der Waals surface area contributed by atoms with Crippen molar-refractivity contribution in [3.05, 3.63) is 0 Å². The number of aliphatic hydroxyl groups is 1. The molecule has 0 aliphatic heterocycles. The van der Waals surface area contributed by atoms with Crippen LogP contribution in [0, 0.1) is 17.8 Å². The number of phosphoric acid groups is 2. The predicted octanol–water partition coefficient (Wildman–Crippen LogP) is 23.4. The molecule has 0 saturated heterocycles. The van der Waals surface area contributed by atoms with Gasteiger partial charge in [0.05, 0.1) is 26.4 Å². The van der Waals surface area contributed by atoms with E-state index in [1.165, 1.54) is 212 Å². The lowest BCUT2D eigenvalue weighted by molar-refractivity contribution is -0.161. The average molecular weight is 1440 g/mol. The number of carbonyl (C=O) groups is 4. The molecule has 0 spiro atoms. The predicted molar refractivity (Wildman–Crippen MR) is 400 cm³/mol. The van der Waals surface area contributed by atoms with Crippen LogP contribution in [-0.4, -0.2) is 96.7 Å². The largest absolute Gasteiger partial charge is 0.472 e. The van der Waals surface area contributed by atoms with Crippen molar-refractivity contribution >= 4 is 39.5 Å². The minimum atomic E-state index is -4.96. The second-order valence-electron chi connectivity index (χ2n) is 29.2. The van der Waals surface area contributed by atoms with Gasteiger partial charge in [0.25, 0.3) is 0 Å². The van der Waals surface area contributed by atoms with E-state index in [0.717, 1.165) is 114 Å². The van der Waals surface area contributed by atoms with Crippen LogP contribution in [0.3, 0.4) is 0 Å². The Morgan fingerprint density at radius 1 is 0.286 bits per heavy atom. The number of aliphatic hydroxyl groups excluding tert-OH is 1. The number of hydrogen-bond donors (Lipinski definition) is 3. The summed E-state index contributed by atoms with van der Waals surface area (Å²) in [6.07, 6.45) is 56.8. The van der Waals surface area contributed by atoms with Crippen molar-refractivity contribution in [2.45, 2.75) is 426 Å². The molecule has 0 amide bonds. The molecule has 98 heavy (non-hydrogen) atoms. The van der Waals surface area contributed by atoms with E-state index in [0.29, 0.717) is 25.7 Å². The van der Waals surface area contributed by atoms with Crippen LogP contribution in [-0.2, 0) is 65.4 Å². The van der Waals surface area contributed by atoms with Gasteiger partial charge in [-0.3, -0.25) is 37.3 Å². The van der Waals surface area contributed by atoms with Crippen LogP contribution in [0.1, 0.15) is 408 Å². The summed E-state index contributed by atoms with van der Waals surface area (Å²) in [5.41, 5.74) is 0. The molecule has 5 unspecified atom stereocenters. The summed E-state index contributed by atoms with van der Waals surface area (Å²) < 4.78 is 68.6. The Labute approximate surface area is 600 Å². The monoisotopic (exact) mass is 1440 g/mol. The molecule has 0 radical (unpaired) electrons. The first-order valence-electron chi connectivity index (χ1n) is 41.0. The van der Waals surface area contributed by atoms with Gasteiger partial charge < -0.3 is 33.8 Å². The summed E-state index contributed by atoms with van der Waals surface area (Å²) in [5, 5.41) is 10.6. The number of unbranched alkanes of at least 4 members (excludes halogenated alkanes) is 42. The fourth-order valence-electron chi connectivity index (χ4n) is 12.0. The number of carbonyl (C=O) groups excluding carboxylic acids is 4. The molecule has 582 valence electrons. The molecule has 8 atom stereocenters. The Kier molecular flexibility index (Phi) is 68.1. The van der Waals surface area contributed by atoms with Crippen molar-refractivity contribution in [3.63, 3.8) is 0 Å². The zero-order valence-corrected chi connectivity index (χ0v) is 66.0. The van der Waals surface area contributed by atoms with Gasteiger partial charge in [-0.2, -0.15) is 0 Å². The fourth-order valence-corrected chi connectivity index (χ4v) is 13.6. The van der Waals surface area contributed by atoms with Gasteiger partial charge in [-0.25, -0.2) is 9.13 Å². The van der Waals surface area contributed by atoms with Crippen molar-refractivity contribution in [3.8, 4) is 0 Å². The number of phosphoric ester groups is 2. The molecule has 0 aliphatic rings. The third kappa shape index (κ3) is 68.5. The summed E-state index contributed by atoms with van der Waals surface area (Å²) in [4.78, 5) is 72.8. The molecule has 0 saturated carbocycles. The molecule has 0 bridgehead atoms. The fraction of sp³-hybridized carbons (Fsp3) is 0.949. The third-order valence-corrected chi connectivity index (χ3v) is 21.4. The number of esters is 4. The summed E-state index contributed by atoms with van der Waals surface area (Å²) >= 11 is 0. The Morgan fingerprint density at radius 3 is 0.724 bits per heavy atom. The molecule has 17 nitrogen and oxygen atoms in total. The van der Waals surface area contributed by atoms with E-state index in [4.69, 9.17) is 37.0 Å². The summed E-state index contributed by atoms with van der Waals surface area (Å²) in [6, 6.07) is 0. The molecule has 0 aromatic rings. The smallest absolute Gasteiger partial charge is 0.462 e. The zero-order valence-electron chi connectivity index (χ0n) is 64.3. The van der Waals surface area contributed by atoms with E-state index >= 15 is 0 Å². The van der Waals surface area contributed by atoms with Gasteiger partial charge in [0.1, 0.15) is 19.3 Å². The molecular formula is C79H154O17P2. The van der Waals surface area contributed by atoms with Crippen LogP contribution in [0.25, 0.3) is 0 Å². The highest BCUT2D eigenvalue weighted by molar-refractivity contribution is 7.47. The Balaban J connectivity index is 5.19.